The number of nitrogens with one attached hydrogen (secondary N) is 1. The average Bonchev–Trinajstić information content (AvgIpc) is 3.77. The molecule has 0 spiro atoms. The summed E-state index contributed by atoms with van der Waals surface area (Å²) in [4.78, 5) is 26.1. The highest BCUT2D eigenvalue weighted by Crippen LogP contribution is 2.41. The number of anilines is 2. The van der Waals surface area contributed by atoms with Crippen LogP contribution in [0.3, 0.4) is 0 Å². The predicted molar refractivity (Wildman–Crippen MR) is 154 cm³/mol. The first-order valence-electron chi connectivity index (χ1n) is 13.8. The van der Waals surface area contributed by atoms with E-state index in [0.717, 1.165) is 69.5 Å². The van der Waals surface area contributed by atoms with Gasteiger partial charge in [0.2, 0.25) is 6.41 Å². The van der Waals surface area contributed by atoms with E-state index in [9.17, 15) is 4.79 Å². The number of hydrogen-bond acceptors (Lipinski definition) is 6. The Morgan fingerprint density at radius 2 is 1.79 bits per heavy atom. The fourth-order valence-corrected chi connectivity index (χ4v) is 5.58. The number of hydrogen-bond donors (Lipinski definition) is 1. The molecule has 6 rings (SSSR count). The summed E-state index contributed by atoms with van der Waals surface area (Å²) in [6, 6.07) is 13.3. The van der Waals surface area contributed by atoms with Crippen LogP contribution in [0.25, 0.3) is 0 Å². The number of piperazine rings is 1. The molecule has 2 aromatic carbocycles. The first-order chi connectivity index (χ1) is 18.5. The van der Waals surface area contributed by atoms with Gasteiger partial charge in [0.15, 0.2) is 0 Å². The lowest BCUT2D eigenvalue weighted by Crippen LogP contribution is -2.43. The molecule has 1 aliphatic carbocycles. The van der Waals surface area contributed by atoms with Crippen molar-refractivity contribution in [1.29, 1.82) is 0 Å². The van der Waals surface area contributed by atoms with Crippen LogP contribution >= 0.6 is 0 Å². The van der Waals surface area contributed by atoms with Crippen molar-refractivity contribution in [3.63, 3.8) is 0 Å². The normalized spacial score (nSPS) is 19.8. The highest BCUT2D eigenvalue weighted by molar-refractivity contribution is 5.72. The van der Waals surface area contributed by atoms with Gasteiger partial charge in [0, 0.05) is 51.5 Å². The molecule has 3 heterocycles. The Hall–Kier alpha value is -3.29. The smallest absolute Gasteiger partial charge is 0.211 e. The second kappa shape index (κ2) is 12.0. The third-order valence-corrected chi connectivity index (χ3v) is 7.89. The third kappa shape index (κ3) is 6.77. The number of benzene rings is 2. The highest BCUT2D eigenvalue weighted by Gasteiger charge is 2.25. The lowest BCUT2D eigenvalue weighted by atomic mass is 9.90. The van der Waals surface area contributed by atoms with E-state index in [1.165, 1.54) is 40.7 Å². The molecule has 1 saturated heterocycles. The van der Waals surface area contributed by atoms with Crippen molar-refractivity contribution in [1.82, 2.24) is 19.8 Å². The Kier molecular flexibility index (Phi) is 8.35. The number of aryl methyl sites for hydroxylation is 1. The molecule has 3 aromatic rings. The Balaban J connectivity index is 0.000000156. The lowest BCUT2D eigenvalue weighted by Gasteiger charge is -2.34. The number of carbonyl (C=O) groups is 1. The average molecular weight is 513 g/mol. The van der Waals surface area contributed by atoms with Crippen molar-refractivity contribution in [2.24, 2.45) is 0 Å². The maximum absolute atomic E-state index is 10.7. The lowest BCUT2D eigenvalue weighted by molar-refractivity contribution is -0.105. The van der Waals surface area contributed by atoms with Gasteiger partial charge >= 0.3 is 0 Å². The number of fused-ring (bicyclic) bond motifs is 1. The van der Waals surface area contributed by atoms with Crippen LogP contribution in [0.4, 0.5) is 11.4 Å². The quantitative estimate of drug-likeness (QED) is 0.479. The second-order valence-corrected chi connectivity index (χ2v) is 11.2. The van der Waals surface area contributed by atoms with Crippen molar-refractivity contribution >= 4 is 17.8 Å². The first-order valence-corrected chi connectivity index (χ1v) is 13.8. The minimum atomic E-state index is 0.551. The molecule has 0 bridgehead atoms. The van der Waals surface area contributed by atoms with Gasteiger partial charge in [-0.3, -0.25) is 9.69 Å². The maximum atomic E-state index is 10.7. The molecule has 1 N–H and O–H groups in total. The number of carbonyl (C=O) groups excluding carboxylic acids is 1. The standard InChI is InChI=1S/C16H23N3O.C15H17N3/c1-18-4-6-19(7-5-18)11-13-8-15(14-2-3-14)10-16(9-13)17-12-20;1-11-3-4-15-12(2)8-18(9-13(15)5-11)14-6-16-10-17-7-14/h8-10,12,14H,2-7,11H2,1H3,(H,17,20);3-7,10,12H,8-9H2,1-2H3. The van der Waals surface area contributed by atoms with Gasteiger partial charge in [0.25, 0.3) is 0 Å². The van der Waals surface area contributed by atoms with Crippen molar-refractivity contribution in [2.45, 2.75) is 51.6 Å². The third-order valence-electron chi connectivity index (χ3n) is 7.89. The second-order valence-electron chi connectivity index (χ2n) is 11.2. The molecule has 1 saturated carbocycles. The molecule has 1 atom stereocenters. The maximum Gasteiger partial charge on any atom is 0.211 e. The fraction of sp³-hybridized carbons (Fsp3) is 0.452. The Morgan fingerprint density at radius 1 is 1.03 bits per heavy atom. The van der Waals surface area contributed by atoms with E-state index >= 15 is 0 Å². The van der Waals surface area contributed by atoms with Crippen LogP contribution in [0.5, 0.6) is 0 Å². The summed E-state index contributed by atoms with van der Waals surface area (Å²) in [5, 5.41) is 2.81. The minimum absolute atomic E-state index is 0.551. The largest absolute Gasteiger partial charge is 0.364 e. The molecule has 0 radical (unpaired) electrons. The first kappa shape index (κ1) is 26.3. The molecular weight excluding hydrogens is 472 g/mol. The number of amides is 1. The van der Waals surface area contributed by atoms with Gasteiger partial charge in [-0.1, -0.05) is 36.8 Å². The SMILES string of the molecule is CN1CCN(Cc2cc(NC=O)cc(C3CC3)c2)CC1.Cc1ccc2c(c1)CN(c1cncnc1)CC2C. The van der Waals surface area contributed by atoms with Gasteiger partial charge in [0.05, 0.1) is 18.1 Å². The van der Waals surface area contributed by atoms with Crippen LogP contribution in [0, 0.1) is 6.92 Å². The molecule has 3 aliphatic rings. The van der Waals surface area contributed by atoms with Gasteiger partial charge < -0.3 is 15.1 Å². The molecule has 2 fully saturated rings. The van der Waals surface area contributed by atoms with Crippen molar-refractivity contribution in [2.75, 3.05) is 50.0 Å². The summed E-state index contributed by atoms with van der Waals surface area (Å²) in [6.45, 7) is 11.9. The van der Waals surface area contributed by atoms with Crippen LogP contribution in [-0.4, -0.2) is 65.9 Å². The Labute approximate surface area is 226 Å². The molecule has 2 aliphatic heterocycles. The fourth-order valence-electron chi connectivity index (χ4n) is 5.58. The summed E-state index contributed by atoms with van der Waals surface area (Å²) in [6.07, 6.45) is 8.71. The molecule has 1 aromatic heterocycles. The molecular formula is C31H40N6O. The van der Waals surface area contributed by atoms with E-state index < -0.39 is 0 Å². The van der Waals surface area contributed by atoms with Gasteiger partial charge in [0.1, 0.15) is 6.33 Å². The molecule has 7 nitrogen and oxygen atoms in total. The van der Waals surface area contributed by atoms with E-state index in [1.807, 2.05) is 12.4 Å². The topological polar surface area (TPSA) is 64.6 Å². The molecule has 7 heteroatoms. The number of likely N-dealkylation sites (N-methyl/N-ethyl adjacent to an activating group) is 1. The Bertz CT molecular complexity index is 1220. The van der Waals surface area contributed by atoms with Crippen LogP contribution < -0.4 is 10.2 Å². The zero-order valence-corrected chi connectivity index (χ0v) is 22.9. The molecule has 1 amide bonds. The van der Waals surface area contributed by atoms with Gasteiger partial charge in [-0.05, 0) is 73.0 Å². The van der Waals surface area contributed by atoms with Crippen molar-refractivity contribution in [3.05, 3.63) is 82.9 Å². The summed E-state index contributed by atoms with van der Waals surface area (Å²) in [5.41, 5.74) is 8.99. The van der Waals surface area contributed by atoms with E-state index in [4.69, 9.17) is 0 Å². The summed E-state index contributed by atoms with van der Waals surface area (Å²) >= 11 is 0. The zero-order valence-electron chi connectivity index (χ0n) is 22.9. The zero-order chi connectivity index (χ0) is 26.5. The van der Waals surface area contributed by atoms with Crippen molar-refractivity contribution < 1.29 is 4.79 Å². The summed E-state index contributed by atoms with van der Waals surface area (Å²) in [5.74, 6) is 1.27. The van der Waals surface area contributed by atoms with E-state index in [2.05, 4.69) is 87.3 Å². The minimum Gasteiger partial charge on any atom is -0.364 e. The number of rotatable bonds is 6. The van der Waals surface area contributed by atoms with Crippen molar-refractivity contribution in [3.8, 4) is 0 Å². The molecule has 1 unspecified atom stereocenters. The Morgan fingerprint density at radius 3 is 2.50 bits per heavy atom. The summed E-state index contributed by atoms with van der Waals surface area (Å²) < 4.78 is 0. The monoisotopic (exact) mass is 512 g/mol. The van der Waals surface area contributed by atoms with Gasteiger partial charge in [-0.15, -0.1) is 0 Å². The van der Waals surface area contributed by atoms with Crippen LogP contribution in [0.15, 0.2) is 55.1 Å². The van der Waals surface area contributed by atoms with E-state index in [1.54, 1.807) is 6.33 Å². The predicted octanol–water partition coefficient (Wildman–Crippen LogP) is 4.79. The van der Waals surface area contributed by atoms with Crippen LogP contribution in [0.2, 0.25) is 0 Å². The molecule has 38 heavy (non-hydrogen) atoms. The summed E-state index contributed by atoms with van der Waals surface area (Å²) in [7, 11) is 2.18. The van der Waals surface area contributed by atoms with Gasteiger partial charge in [-0.25, -0.2) is 9.97 Å². The van der Waals surface area contributed by atoms with Crippen LogP contribution in [-0.2, 0) is 17.9 Å². The van der Waals surface area contributed by atoms with E-state index in [-0.39, 0.29) is 0 Å². The number of aromatic nitrogens is 2. The van der Waals surface area contributed by atoms with E-state index in [0.29, 0.717) is 5.92 Å². The molecule has 200 valence electrons. The number of nitrogens with zero attached hydrogens (tertiary/aromatic N) is 5. The van der Waals surface area contributed by atoms with Gasteiger partial charge in [-0.2, -0.15) is 0 Å². The highest BCUT2D eigenvalue weighted by atomic mass is 16.1. The van der Waals surface area contributed by atoms with Crippen LogP contribution in [0.1, 0.15) is 59.4 Å².